The molecule has 0 unspecified atom stereocenters. The number of nitrogens with two attached hydrogens (primary N) is 1. The fourth-order valence-electron chi connectivity index (χ4n) is 1.78. The van der Waals surface area contributed by atoms with Crippen LogP contribution in [0, 0.1) is 6.92 Å². The lowest BCUT2D eigenvalue weighted by atomic mass is 10.4. The van der Waals surface area contributed by atoms with Gasteiger partial charge in [0.1, 0.15) is 11.6 Å². The molecule has 0 saturated carbocycles. The molecule has 0 aromatic carbocycles. The lowest BCUT2D eigenvalue weighted by Gasteiger charge is -2.08. The normalized spacial score (nSPS) is 10.7. The van der Waals surface area contributed by atoms with Crippen LogP contribution in [0.3, 0.4) is 0 Å². The number of hydrogen-bond donors (Lipinski definition) is 1. The van der Waals surface area contributed by atoms with Crippen molar-refractivity contribution in [2.45, 2.75) is 26.4 Å². The molecule has 2 rings (SSSR count). The summed E-state index contributed by atoms with van der Waals surface area (Å²) in [7, 11) is 0. The highest BCUT2D eigenvalue weighted by Crippen LogP contribution is 2.04. The first-order valence-electron chi connectivity index (χ1n) is 6.58. The van der Waals surface area contributed by atoms with Crippen molar-refractivity contribution in [3.63, 3.8) is 0 Å². The molecule has 0 aliphatic carbocycles. The fourth-order valence-corrected chi connectivity index (χ4v) is 1.78. The second-order valence-electron chi connectivity index (χ2n) is 4.41. The van der Waals surface area contributed by atoms with Gasteiger partial charge in [-0.1, -0.05) is 0 Å². The summed E-state index contributed by atoms with van der Waals surface area (Å²) in [5, 5.41) is 4.10. The van der Waals surface area contributed by atoms with Crippen LogP contribution in [0.1, 0.15) is 12.2 Å². The Morgan fingerprint density at radius 3 is 2.90 bits per heavy atom. The molecule has 0 atom stereocenters. The SMILES string of the molecule is Cc1nccn1CCn1ncc(OCCCN)cc1=O. The maximum absolute atomic E-state index is 11.9. The average molecular weight is 277 g/mol. The first-order valence-corrected chi connectivity index (χ1v) is 6.58. The Morgan fingerprint density at radius 1 is 1.40 bits per heavy atom. The van der Waals surface area contributed by atoms with Gasteiger partial charge >= 0.3 is 0 Å². The Kier molecular flexibility index (Phi) is 4.89. The fraction of sp³-hybridized carbons (Fsp3) is 0.462. The molecule has 0 amide bonds. The average Bonchev–Trinajstić information content (AvgIpc) is 2.84. The molecule has 0 radical (unpaired) electrons. The molecule has 2 heterocycles. The summed E-state index contributed by atoms with van der Waals surface area (Å²) < 4.78 is 8.76. The molecule has 2 N–H and O–H groups in total. The number of hydrogen-bond acceptors (Lipinski definition) is 5. The minimum atomic E-state index is -0.173. The highest BCUT2D eigenvalue weighted by molar-refractivity contribution is 5.13. The quantitative estimate of drug-likeness (QED) is 0.729. The highest BCUT2D eigenvalue weighted by atomic mass is 16.5. The van der Waals surface area contributed by atoms with Crippen molar-refractivity contribution in [3.05, 3.63) is 40.8 Å². The van der Waals surface area contributed by atoms with E-state index >= 15 is 0 Å². The Balaban J connectivity index is 1.96. The van der Waals surface area contributed by atoms with Gasteiger partial charge in [-0.05, 0) is 19.9 Å². The van der Waals surface area contributed by atoms with Crippen molar-refractivity contribution in [2.75, 3.05) is 13.2 Å². The molecule has 2 aromatic heterocycles. The predicted molar refractivity (Wildman–Crippen MR) is 74.6 cm³/mol. The second kappa shape index (κ2) is 6.85. The van der Waals surface area contributed by atoms with Gasteiger partial charge in [-0.15, -0.1) is 0 Å². The van der Waals surface area contributed by atoms with Crippen LogP contribution >= 0.6 is 0 Å². The van der Waals surface area contributed by atoms with Crippen LogP contribution in [0.4, 0.5) is 0 Å². The Hall–Kier alpha value is -2.15. The molecular formula is C13H19N5O2. The highest BCUT2D eigenvalue weighted by Gasteiger charge is 2.02. The minimum absolute atomic E-state index is 0.173. The van der Waals surface area contributed by atoms with Crippen LogP contribution in [-0.2, 0) is 13.1 Å². The summed E-state index contributed by atoms with van der Waals surface area (Å²) in [5.74, 6) is 1.40. The standard InChI is InChI=1S/C13H19N5O2/c1-11-15-4-5-17(11)6-7-18-13(19)9-12(10-16-18)20-8-2-3-14/h4-5,9-10H,2-3,6-8,14H2,1H3. The Morgan fingerprint density at radius 2 is 2.25 bits per heavy atom. The largest absolute Gasteiger partial charge is 0.492 e. The van der Waals surface area contributed by atoms with Gasteiger partial charge in [-0.3, -0.25) is 4.79 Å². The number of aryl methyl sites for hydroxylation is 3. The number of nitrogens with zero attached hydrogens (tertiary/aromatic N) is 4. The van der Waals surface area contributed by atoms with Crippen molar-refractivity contribution < 1.29 is 4.74 Å². The lowest BCUT2D eigenvalue weighted by Crippen LogP contribution is -2.24. The maximum atomic E-state index is 11.9. The van der Waals surface area contributed by atoms with Crippen LogP contribution in [0.5, 0.6) is 5.75 Å². The Labute approximate surface area is 117 Å². The molecule has 2 aromatic rings. The summed E-state index contributed by atoms with van der Waals surface area (Å²) in [5.41, 5.74) is 5.20. The van der Waals surface area contributed by atoms with Crippen molar-refractivity contribution >= 4 is 0 Å². The molecule has 0 saturated heterocycles. The van der Waals surface area contributed by atoms with Gasteiger partial charge in [0, 0.05) is 25.0 Å². The van der Waals surface area contributed by atoms with Gasteiger partial charge in [0.05, 0.1) is 19.3 Å². The van der Waals surface area contributed by atoms with E-state index in [-0.39, 0.29) is 5.56 Å². The summed E-state index contributed by atoms with van der Waals surface area (Å²) in [6.07, 6.45) is 5.92. The molecule has 0 spiro atoms. The summed E-state index contributed by atoms with van der Waals surface area (Å²) in [6, 6.07) is 1.45. The topological polar surface area (TPSA) is 88.0 Å². The third-order valence-corrected chi connectivity index (χ3v) is 2.94. The molecular weight excluding hydrogens is 258 g/mol. The molecule has 20 heavy (non-hydrogen) atoms. The van der Waals surface area contributed by atoms with E-state index in [1.54, 1.807) is 12.4 Å². The van der Waals surface area contributed by atoms with E-state index in [4.69, 9.17) is 10.5 Å². The second-order valence-corrected chi connectivity index (χ2v) is 4.41. The zero-order chi connectivity index (χ0) is 14.4. The van der Waals surface area contributed by atoms with E-state index in [9.17, 15) is 4.79 Å². The van der Waals surface area contributed by atoms with Crippen LogP contribution in [0.25, 0.3) is 0 Å². The first kappa shape index (κ1) is 14.3. The smallest absolute Gasteiger partial charge is 0.270 e. The third-order valence-electron chi connectivity index (χ3n) is 2.94. The number of aromatic nitrogens is 4. The van der Waals surface area contributed by atoms with Gasteiger partial charge in [0.15, 0.2) is 0 Å². The van der Waals surface area contributed by atoms with E-state index in [2.05, 4.69) is 10.1 Å². The molecule has 0 aliphatic heterocycles. The summed E-state index contributed by atoms with van der Waals surface area (Å²) >= 11 is 0. The van der Waals surface area contributed by atoms with E-state index in [0.29, 0.717) is 32.0 Å². The van der Waals surface area contributed by atoms with Crippen molar-refractivity contribution in [2.24, 2.45) is 5.73 Å². The summed E-state index contributed by atoms with van der Waals surface area (Å²) in [6.45, 7) is 4.14. The van der Waals surface area contributed by atoms with Gasteiger partial charge < -0.3 is 15.0 Å². The van der Waals surface area contributed by atoms with Crippen molar-refractivity contribution in [3.8, 4) is 5.75 Å². The molecule has 0 fully saturated rings. The van der Waals surface area contributed by atoms with Crippen LogP contribution in [-0.4, -0.2) is 32.5 Å². The number of ether oxygens (including phenoxy) is 1. The van der Waals surface area contributed by atoms with Gasteiger partial charge in [-0.25, -0.2) is 9.67 Å². The zero-order valence-electron chi connectivity index (χ0n) is 11.5. The van der Waals surface area contributed by atoms with E-state index in [1.165, 1.54) is 10.7 Å². The molecule has 7 nitrogen and oxygen atoms in total. The zero-order valence-corrected chi connectivity index (χ0v) is 11.5. The van der Waals surface area contributed by atoms with Crippen LogP contribution < -0.4 is 16.0 Å². The van der Waals surface area contributed by atoms with E-state index in [1.807, 2.05) is 17.7 Å². The minimum Gasteiger partial charge on any atom is -0.492 e. The van der Waals surface area contributed by atoms with Crippen molar-refractivity contribution in [1.29, 1.82) is 0 Å². The molecule has 0 bridgehead atoms. The first-order chi connectivity index (χ1) is 9.70. The Bertz CT molecular complexity index is 605. The van der Waals surface area contributed by atoms with Crippen LogP contribution in [0.2, 0.25) is 0 Å². The predicted octanol–water partition coefficient (Wildman–Crippen LogP) is 0.176. The maximum Gasteiger partial charge on any atom is 0.270 e. The van der Waals surface area contributed by atoms with Crippen LogP contribution in [0.15, 0.2) is 29.5 Å². The monoisotopic (exact) mass is 277 g/mol. The lowest BCUT2D eigenvalue weighted by molar-refractivity contribution is 0.309. The van der Waals surface area contributed by atoms with Gasteiger partial charge in [-0.2, -0.15) is 5.10 Å². The third kappa shape index (κ3) is 3.67. The van der Waals surface area contributed by atoms with Gasteiger partial charge in [0.2, 0.25) is 0 Å². The number of rotatable bonds is 7. The van der Waals surface area contributed by atoms with Gasteiger partial charge in [0.25, 0.3) is 5.56 Å². The van der Waals surface area contributed by atoms with E-state index in [0.717, 1.165) is 12.2 Å². The van der Waals surface area contributed by atoms with E-state index < -0.39 is 0 Å². The molecule has 108 valence electrons. The van der Waals surface area contributed by atoms with Crippen molar-refractivity contribution in [1.82, 2.24) is 19.3 Å². The molecule has 7 heteroatoms. The number of imidazole rings is 1. The molecule has 0 aliphatic rings. The summed E-state index contributed by atoms with van der Waals surface area (Å²) in [4.78, 5) is 16.0.